The predicted molar refractivity (Wildman–Crippen MR) is 83.8 cm³/mol. The summed E-state index contributed by atoms with van der Waals surface area (Å²) in [6, 6.07) is 8.31. The smallest absolute Gasteiger partial charge is 0.128 e. The average Bonchev–Trinajstić information content (AvgIpc) is 2.96. The molecular weight excluding hydrogens is 268 g/mol. The monoisotopic (exact) mass is 286 g/mol. The number of hydrogen-bond donors (Lipinski definition) is 0. The first-order valence-electron chi connectivity index (χ1n) is 6.82. The molecule has 0 atom stereocenters. The molecule has 2 aromatic heterocycles. The van der Waals surface area contributed by atoms with Crippen molar-refractivity contribution in [3.63, 3.8) is 0 Å². The number of aryl methyl sites for hydroxylation is 2. The second kappa shape index (κ2) is 5.29. The summed E-state index contributed by atoms with van der Waals surface area (Å²) in [5, 5.41) is 2.32. The normalized spacial score (nSPS) is 11.2. The highest BCUT2D eigenvalue weighted by atomic mass is 32.1. The molecule has 3 rings (SSSR count). The molecule has 0 spiro atoms. The summed E-state index contributed by atoms with van der Waals surface area (Å²) in [7, 11) is 0. The van der Waals surface area contributed by atoms with Crippen molar-refractivity contribution >= 4 is 22.2 Å². The minimum Gasteiger partial charge on any atom is -0.493 e. The first-order valence-corrected chi connectivity index (χ1v) is 7.64. The van der Waals surface area contributed by atoms with Gasteiger partial charge in [-0.3, -0.25) is 0 Å². The Morgan fingerprint density at radius 2 is 2.10 bits per heavy atom. The van der Waals surface area contributed by atoms with Gasteiger partial charge in [0.25, 0.3) is 0 Å². The predicted octanol–water partition coefficient (Wildman–Crippen LogP) is 4.16. The molecule has 0 radical (unpaired) electrons. The van der Waals surface area contributed by atoms with Crippen molar-refractivity contribution in [3.8, 4) is 5.75 Å². The number of hydrogen-bond acceptors (Lipinski definition) is 3. The number of nitrogens with zero attached hydrogens (tertiary/aromatic N) is 2. The lowest BCUT2D eigenvalue weighted by Crippen LogP contribution is -1.98. The molecule has 4 heteroatoms. The van der Waals surface area contributed by atoms with Gasteiger partial charge in [0.1, 0.15) is 10.8 Å². The molecule has 1 aromatic carbocycles. The van der Waals surface area contributed by atoms with Crippen LogP contribution in [0.15, 0.2) is 30.5 Å². The van der Waals surface area contributed by atoms with Crippen LogP contribution in [0.4, 0.5) is 0 Å². The van der Waals surface area contributed by atoms with E-state index in [2.05, 4.69) is 41.7 Å². The Bertz CT molecular complexity index is 723. The van der Waals surface area contributed by atoms with E-state index in [1.807, 2.05) is 19.1 Å². The maximum atomic E-state index is 5.68. The van der Waals surface area contributed by atoms with Crippen LogP contribution in [0.2, 0.25) is 0 Å². The number of ether oxygens (including phenoxy) is 1. The van der Waals surface area contributed by atoms with E-state index in [0.29, 0.717) is 6.61 Å². The van der Waals surface area contributed by atoms with E-state index < -0.39 is 0 Å². The molecule has 104 valence electrons. The van der Waals surface area contributed by atoms with Gasteiger partial charge in [-0.2, -0.15) is 0 Å². The van der Waals surface area contributed by atoms with Gasteiger partial charge in [-0.25, -0.2) is 4.98 Å². The summed E-state index contributed by atoms with van der Waals surface area (Å²) in [6.07, 6.45) is 2.11. The maximum absolute atomic E-state index is 5.68. The molecule has 0 aliphatic rings. The fourth-order valence-corrected chi connectivity index (χ4v) is 3.30. The average molecular weight is 286 g/mol. The maximum Gasteiger partial charge on any atom is 0.128 e. The fraction of sp³-hybridized carbons (Fsp3) is 0.312. The Hall–Kier alpha value is -1.81. The molecule has 0 bridgehead atoms. The summed E-state index contributed by atoms with van der Waals surface area (Å²) < 4.78 is 7.91. The van der Waals surface area contributed by atoms with Crippen molar-refractivity contribution in [1.29, 1.82) is 0 Å². The van der Waals surface area contributed by atoms with E-state index in [9.17, 15) is 0 Å². The van der Waals surface area contributed by atoms with Crippen molar-refractivity contribution in [2.75, 3.05) is 6.61 Å². The largest absolute Gasteiger partial charge is 0.493 e. The molecule has 0 unspecified atom stereocenters. The van der Waals surface area contributed by atoms with E-state index in [1.54, 1.807) is 11.3 Å². The molecule has 2 heterocycles. The zero-order valence-electron chi connectivity index (χ0n) is 12.0. The van der Waals surface area contributed by atoms with Gasteiger partial charge in [0.2, 0.25) is 0 Å². The number of benzene rings is 1. The van der Waals surface area contributed by atoms with Crippen LogP contribution in [0.25, 0.3) is 10.9 Å². The molecular formula is C16H18N2OS. The molecule has 0 saturated carbocycles. The molecule has 0 N–H and O–H groups in total. The van der Waals surface area contributed by atoms with Crippen molar-refractivity contribution in [1.82, 2.24) is 9.55 Å². The summed E-state index contributed by atoms with van der Waals surface area (Å²) >= 11 is 1.77. The number of rotatable bonds is 4. The molecule has 0 aliphatic heterocycles. The van der Waals surface area contributed by atoms with Gasteiger partial charge < -0.3 is 9.30 Å². The van der Waals surface area contributed by atoms with Crippen molar-refractivity contribution in [2.24, 2.45) is 0 Å². The Kier molecular flexibility index (Phi) is 3.49. The summed E-state index contributed by atoms with van der Waals surface area (Å²) in [6.45, 7) is 7.71. The highest BCUT2D eigenvalue weighted by Crippen LogP contribution is 2.28. The molecule has 3 nitrogen and oxygen atoms in total. The van der Waals surface area contributed by atoms with Gasteiger partial charge in [-0.15, -0.1) is 11.3 Å². The Balaban J connectivity index is 1.98. The number of thiazole rings is 1. The zero-order chi connectivity index (χ0) is 14.1. The van der Waals surface area contributed by atoms with Crippen LogP contribution in [0.3, 0.4) is 0 Å². The summed E-state index contributed by atoms with van der Waals surface area (Å²) in [5.74, 6) is 0.954. The van der Waals surface area contributed by atoms with Crippen LogP contribution in [0.1, 0.15) is 22.5 Å². The van der Waals surface area contributed by atoms with Gasteiger partial charge in [0, 0.05) is 16.5 Å². The SMILES string of the molecule is CCOc1cccc2c1ccn2Cc1nc(C)c(C)s1. The number of fused-ring (bicyclic) bond motifs is 1. The highest BCUT2D eigenvalue weighted by Gasteiger charge is 2.09. The van der Waals surface area contributed by atoms with Gasteiger partial charge in [-0.05, 0) is 39.0 Å². The van der Waals surface area contributed by atoms with Gasteiger partial charge in [0.05, 0.1) is 24.4 Å². The van der Waals surface area contributed by atoms with Crippen LogP contribution in [0.5, 0.6) is 5.75 Å². The fourth-order valence-electron chi connectivity index (χ4n) is 2.37. The van der Waals surface area contributed by atoms with Gasteiger partial charge in [0.15, 0.2) is 0 Å². The van der Waals surface area contributed by atoms with Crippen molar-refractivity contribution in [2.45, 2.75) is 27.3 Å². The van der Waals surface area contributed by atoms with Crippen LogP contribution in [-0.2, 0) is 6.54 Å². The van der Waals surface area contributed by atoms with Crippen molar-refractivity contribution in [3.05, 3.63) is 46.0 Å². The highest BCUT2D eigenvalue weighted by molar-refractivity contribution is 7.11. The van der Waals surface area contributed by atoms with Crippen LogP contribution in [0, 0.1) is 13.8 Å². The second-order valence-electron chi connectivity index (χ2n) is 4.81. The lowest BCUT2D eigenvalue weighted by molar-refractivity contribution is 0.344. The summed E-state index contributed by atoms with van der Waals surface area (Å²) in [4.78, 5) is 5.91. The van der Waals surface area contributed by atoms with E-state index in [0.717, 1.165) is 23.0 Å². The second-order valence-corrected chi connectivity index (χ2v) is 6.10. The van der Waals surface area contributed by atoms with Crippen molar-refractivity contribution < 1.29 is 4.74 Å². The van der Waals surface area contributed by atoms with Crippen LogP contribution in [-0.4, -0.2) is 16.2 Å². The zero-order valence-corrected chi connectivity index (χ0v) is 12.8. The minimum atomic E-state index is 0.690. The minimum absolute atomic E-state index is 0.690. The van der Waals surface area contributed by atoms with Crippen LogP contribution >= 0.6 is 11.3 Å². The molecule has 0 amide bonds. The molecule has 20 heavy (non-hydrogen) atoms. The third kappa shape index (κ3) is 2.31. The first kappa shape index (κ1) is 13.2. The van der Waals surface area contributed by atoms with Gasteiger partial charge in [-0.1, -0.05) is 6.07 Å². The Morgan fingerprint density at radius 3 is 2.80 bits per heavy atom. The molecule has 0 saturated heterocycles. The molecule has 3 aromatic rings. The topological polar surface area (TPSA) is 27.1 Å². The van der Waals surface area contributed by atoms with E-state index in [1.165, 1.54) is 15.8 Å². The quantitative estimate of drug-likeness (QED) is 0.720. The number of aromatic nitrogens is 2. The van der Waals surface area contributed by atoms with Gasteiger partial charge >= 0.3 is 0 Å². The van der Waals surface area contributed by atoms with Crippen LogP contribution < -0.4 is 4.74 Å². The third-order valence-electron chi connectivity index (χ3n) is 3.45. The van der Waals surface area contributed by atoms with E-state index in [-0.39, 0.29) is 0 Å². The standard InChI is InChI=1S/C16H18N2OS/c1-4-19-15-7-5-6-14-13(15)8-9-18(14)10-16-17-11(2)12(3)20-16/h5-9H,4,10H2,1-3H3. The molecule has 0 fully saturated rings. The lowest BCUT2D eigenvalue weighted by Gasteiger charge is -2.06. The molecule has 0 aliphatic carbocycles. The van der Waals surface area contributed by atoms with E-state index >= 15 is 0 Å². The lowest BCUT2D eigenvalue weighted by atomic mass is 10.2. The van der Waals surface area contributed by atoms with E-state index in [4.69, 9.17) is 4.74 Å². The Labute approximate surface area is 122 Å². The Morgan fingerprint density at radius 1 is 1.25 bits per heavy atom. The summed E-state index contributed by atoms with van der Waals surface area (Å²) in [5.41, 5.74) is 2.33. The third-order valence-corrected chi connectivity index (χ3v) is 4.51. The first-order chi connectivity index (χ1) is 9.69.